The zero-order valence-corrected chi connectivity index (χ0v) is 12.0. The Balaban J connectivity index is 2.72. The fourth-order valence-electron chi connectivity index (χ4n) is 1.60. The molecule has 0 saturated carbocycles. The molecule has 0 aliphatic rings. The monoisotopic (exact) mass is 337 g/mol. The van der Waals surface area contributed by atoms with Gasteiger partial charge in [0.1, 0.15) is 0 Å². The molecule has 0 aliphatic carbocycles. The maximum atomic E-state index is 12.5. The van der Waals surface area contributed by atoms with Gasteiger partial charge in [0.15, 0.2) is 0 Å². The van der Waals surface area contributed by atoms with Gasteiger partial charge in [0.25, 0.3) is 5.91 Å². The predicted octanol–water partition coefficient (Wildman–Crippen LogP) is 4.00. The van der Waals surface area contributed by atoms with Crippen LogP contribution in [0, 0.1) is 0 Å². The Hall–Kier alpha value is -1.04. The van der Waals surface area contributed by atoms with Gasteiger partial charge in [-0.2, -0.15) is 13.2 Å². The Morgan fingerprint density at radius 2 is 2.11 bits per heavy atom. The molecule has 2 nitrogen and oxygen atoms in total. The van der Waals surface area contributed by atoms with Crippen molar-refractivity contribution in [3.05, 3.63) is 35.4 Å². The van der Waals surface area contributed by atoms with E-state index in [1.807, 2.05) is 6.92 Å². The third-order valence-corrected chi connectivity index (χ3v) is 3.16. The van der Waals surface area contributed by atoms with E-state index in [4.69, 9.17) is 0 Å². The summed E-state index contributed by atoms with van der Waals surface area (Å²) in [7, 11) is 0. The summed E-state index contributed by atoms with van der Waals surface area (Å²) in [5, 5.41) is 3.51. The fourth-order valence-corrected chi connectivity index (χ4v) is 1.92. The quantitative estimate of drug-likeness (QED) is 0.808. The summed E-state index contributed by atoms with van der Waals surface area (Å²) in [4.78, 5) is 11.8. The minimum Gasteiger partial charge on any atom is -0.350 e. The second kappa shape index (κ2) is 6.93. The van der Waals surface area contributed by atoms with Crippen molar-refractivity contribution in [2.24, 2.45) is 0 Å². The molecule has 1 aromatic carbocycles. The van der Waals surface area contributed by atoms with Crippen LogP contribution in [-0.2, 0) is 6.18 Å². The molecule has 0 heterocycles. The van der Waals surface area contributed by atoms with Crippen molar-refractivity contribution in [2.45, 2.75) is 32.0 Å². The maximum absolute atomic E-state index is 12.5. The zero-order valence-electron chi connectivity index (χ0n) is 10.4. The van der Waals surface area contributed by atoms with Crippen LogP contribution < -0.4 is 5.32 Å². The van der Waals surface area contributed by atoms with Crippen LogP contribution in [0.2, 0.25) is 0 Å². The second-order valence-corrected chi connectivity index (χ2v) is 5.08. The van der Waals surface area contributed by atoms with Crippen molar-refractivity contribution in [1.29, 1.82) is 0 Å². The third kappa shape index (κ3) is 5.22. The normalized spacial score (nSPS) is 13.1. The largest absolute Gasteiger partial charge is 0.416 e. The Kier molecular flexibility index (Phi) is 5.85. The number of nitrogens with one attached hydrogen (secondary N) is 1. The second-order valence-electron chi connectivity index (χ2n) is 4.28. The van der Waals surface area contributed by atoms with Gasteiger partial charge in [0.2, 0.25) is 0 Å². The van der Waals surface area contributed by atoms with E-state index in [1.54, 1.807) is 0 Å². The number of hydrogen-bond acceptors (Lipinski definition) is 1. The minimum absolute atomic E-state index is 0.0283. The number of hydrogen-bond donors (Lipinski definition) is 1. The van der Waals surface area contributed by atoms with Crippen LogP contribution >= 0.6 is 15.9 Å². The van der Waals surface area contributed by atoms with Gasteiger partial charge in [-0.3, -0.25) is 4.79 Å². The molecule has 0 aromatic heterocycles. The molecule has 0 fully saturated rings. The summed E-state index contributed by atoms with van der Waals surface area (Å²) in [6.45, 7) is 1.83. The topological polar surface area (TPSA) is 29.1 Å². The first-order chi connectivity index (χ1) is 8.84. The van der Waals surface area contributed by atoms with E-state index in [-0.39, 0.29) is 11.6 Å². The number of carbonyl (C=O) groups excluding carboxylic acids is 1. The molecular formula is C13H15BrF3NO. The van der Waals surface area contributed by atoms with Gasteiger partial charge in [0.05, 0.1) is 5.56 Å². The van der Waals surface area contributed by atoms with Crippen LogP contribution in [0.4, 0.5) is 13.2 Å². The highest BCUT2D eigenvalue weighted by Gasteiger charge is 2.30. The molecule has 0 saturated heterocycles. The first kappa shape index (κ1) is 16.0. The van der Waals surface area contributed by atoms with Crippen LogP contribution in [0.25, 0.3) is 0 Å². The van der Waals surface area contributed by atoms with Crippen LogP contribution in [-0.4, -0.2) is 17.3 Å². The number of halogens is 4. The van der Waals surface area contributed by atoms with Crippen molar-refractivity contribution >= 4 is 21.8 Å². The summed E-state index contributed by atoms with van der Waals surface area (Å²) in [6, 6.07) is 4.36. The number of rotatable bonds is 5. The van der Waals surface area contributed by atoms with Crippen molar-refractivity contribution in [2.75, 3.05) is 5.33 Å². The number of alkyl halides is 4. The number of amides is 1. The van der Waals surface area contributed by atoms with Gasteiger partial charge >= 0.3 is 6.18 Å². The smallest absolute Gasteiger partial charge is 0.350 e. The molecule has 1 atom stereocenters. The highest BCUT2D eigenvalue weighted by atomic mass is 79.9. The van der Waals surface area contributed by atoms with Crippen molar-refractivity contribution in [3.8, 4) is 0 Å². The SMILES string of the molecule is CC(CCCBr)NC(=O)c1cccc(C(F)(F)F)c1. The molecule has 0 spiro atoms. The Bertz CT molecular complexity index is 434. The molecule has 6 heteroatoms. The summed E-state index contributed by atoms with van der Waals surface area (Å²) < 4.78 is 37.6. The molecule has 1 unspecified atom stereocenters. The zero-order chi connectivity index (χ0) is 14.5. The van der Waals surface area contributed by atoms with Gasteiger partial charge in [-0.15, -0.1) is 0 Å². The van der Waals surface area contributed by atoms with E-state index in [1.165, 1.54) is 12.1 Å². The van der Waals surface area contributed by atoms with E-state index in [0.29, 0.717) is 0 Å². The van der Waals surface area contributed by atoms with E-state index in [9.17, 15) is 18.0 Å². The average Bonchev–Trinajstić information content (AvgIpc) is 2.35. The third-order valence-electron chi connectivity index (χ3n) is 2.60. The minimum atomic E-state index is -4.43. The van der Waals surface area contributed by atoms with Crippen molar-refractivity contribution in [3.63, 3.8) is 0 Å². The lowest BCUT2D eigenvalue weighted by molar-refractivity contribution is -0.137. The first-order valence-electron chi connectivity index (χ1n) is 5.88. The Labute approximate surface area is 118 Å². The van der Waals surface area contributed by atoms with Gasteiger partial charge in [-0.25, -0.2) is 0 Å². The summed E-state index contributed by atoms with van der Waals surface area (Å²) in [6.07, 6.45) is -2.77. The first-order valence-corrected chi connectivity index (χ1v) is 7.01. The molecule has 0 radical (unpaired) electrons. The highest BCUT2D eigenvalue weighted by Crippen LogP contribution is 2.29. The Morgan fingerprint density at radius 1 is 1.42 bits per heavy atom. The summed E-state index contributed by atoms with van der Waals surface area (Å²) >= 11 is 3.28. The van der Waals surface area contributed by atoms with Crippen molar-refractivity contribution < 1.29 is 18.0 Å². The van der Waals surface area contributed by atoms with E-state index >= 15 is 0 Å². The van der Waals surface area contributed by atoms with Crippen LogP contribution in [0.15, 0.2) is 24.3 Å². The molecule has 0 bridgehead atoms. The molecule has 1 amide bonds. The Morgan fingerprint density at radius 3 is 2.68 bits per heavy atom. The van der Waals surface area contributed by atoms with E-state index in [0.717, 1.165) is 30.3 Å². The van der Waals surface area contributed by atoms with Crippen LogP contribution in [0.3, 0.4) is 0 Å². The molecule has 1 aromatic rings. The number of benzene rings is 1. The van der Waals surface area contributed by atoms with Crippen LogP contribution in [0.5, 0.6) is 0 Å². The van der Waals surface area contributed by atoms with Gasteiger partial charge in [-0.05, 0) is 38.0 Å². The fraction of sp³-hybridized carbons (Fsp3) is 0.462. The average molecular weight is 338 g/mol. The van der Waals surface area contributed by atoms with E-state index < -0.39 is 17.6 Å². The standard InChI is InChI=1S/C13H15BrF3NO/c1-9(4-3-7-14)18-12(19)10-5-2-6-11(8-10)13(15,16)17/h2,5-6,8-9H,3-4,7H2,1H3,(H,18,19). The lowest BCUT2D eigenvalue weighted by atomic mass is 10.1. The molecular weight excluding hydrogens is 323 g/mol. The van der Waals surface area contributed by atoms with Crippen LogP contribution in [0.1, 0.15) is 35.7 Å². The molecule has 106 valence electrons. The lowest BCUT2D eigenvalue weighted by Crippen LogP contribution is -2.32. The van der Waals surface area contributed by atoms with E-state index in [2.05, 4.69) is 21.2 Å². The van der Waals surface area contributed by atoms with Gasteiger partial charge < -0.3 is 5.32 Å². The van der Waals surface area contributed by atoms with Crippen molar-refractivity contribution in [1.82, 2.24) is 5.32 Å². The number of carbonyl (C=O) groups is 1. The molecule has 19 heavy (non-hydrogen) atoms. The summed E-state index contributed by atoms with van der Waals surface area (Å²) in [5.41, 5.74) is -0.784. The molecule has 0 aliphatic heterocycles. The lowest BCUT2D eigenvalue weighted by Gasteiger charge is -2.14. The predicted molar refractivity (Wildman–Crippen MR) is 71.4 cm³/mol. The molecule has 1 N–H and O–H groups in total. The molecule has 1 rings (SSSR count). The highest BCUT2D eigenvalue weighted by molar-refractivity contribution is 9.09. The summed E-state index contributed by atoms with van der Waals surface area (Å²) in [5.74, 6) is -0.479. The maximum Gasteiger partial charge on any atom is 0.416 e. The van der Waals surface area contributed by atoms with Gasteiger partial charge in [-0.1, -0.05) is 22.0 Å². The van der Waals surface area contributed by atoms with Gasteiger partial charge in [0, 0.05) is 16.9 Å².